The molecule has 2 heterocycles. The van der Waals surface area contributed by atoms with Gasteiger partial charge in [0.05, 0.1) is 11.3 Å². The lowest BCUT2D eigenvalue weighted by atomic mass is 9.72. The molecule has 6 nitrogen and oxygen atoms in total. The molecule has 1 atom stereocenters. The molecule has 0 bridgehead atoms. The van der Waals surface area contributed by atoms with Crippen LogP contribution in [0.25, 0.3) is 0 Å². The third-order valence-corrected chi connectivity index (χ3v) is 6.63. The fourth-order valence-electron chi connectivity index (χ4n) is 3.09. The van der Waals surface area contributed by atoms with Crippen molar-refractivity contribution in [1.29, 1.82) is 5.26 Å². The Morgan fingerprint density at radius 2 is 2.36 bits per heavy atom. The Morgan fingerprint density at radius 3 is 3.00 bits per heavy atom. The third-order valence-electron chi connectivity index (χ3n) is 4.59. The van der Waals surface area contributed by atoms with E-state index in [1.165, 1.54) is 23.0 Å². The number of aromatic amines is 1. The van der Waals surface area contributed by atoms with E-state index in [4.69, 9.17) is 0 Å². The molecule has 8 heteroatoms. The normalized spacial score (nSPS) is 17.0. The summed E-state index contributed by atoms with van der Waals surface area (Å²) in [6, 6.07) is 2.29. The Morgan fingerprint density at radius 1 is 1.56 bits per heavy atom. The Hall–Kier alpha value is -1.85. The summed E-state index contributed by atoms with van der Waals surface area (Å²) in [6.07, 6.45) is 4.41. The smallest absolute Gasteiger partial charge is 0.235 e. The van der Waals surface area contributed by atoms with Gasteiger partial charge in [-0.1, -0.05) is 32.5 Å². The van der Waals surface area contributed by atoms with E-state index >= 15 is 0 Å². The van der Waals surface area contributed by atoms with Crippen molar-refractivity contribution in [3.8, 4) is 6.07 Å². The number of H-pyrrole nitrogens is 1. The van der Waals surface area contributed by atoms with Crippen LogP contribution in [0.15, 0.2) is 11.5 Å². The fraction of sp³-hybridized carbons (Fsp3) is 0.529. The molecule has 2 aromatic heterocycles. The first-order valence-electron chi connectivity index (χ1n) is 8.21. The minimum Gasteiger partial charge on any atom is -0.316 e. The Kier molecular flexibility index (Phi) is 5.16. The van der Waals surface area contributed by atoms with Crippen molar-refractivity contribution in [3.05, 3.63) is 22.3 Å². The number of nitriles is 1. The number of anilines is 1. The predicted molar refractivity (Wildman–Crippen MR) is 99.7 cm³/mol. The number of carbonyl (C=O) groups is 1. The maximum Gasteiger partial charge on any atom is 0.235 e. The van der Waals surface area contributed by atoms with Gasteiger partial charge in [-0.3, -0.25) is 9.89 Å². The van der Waals surface area contributed by atoms with Crippen LogP contribution in [0.3, 0.4) is 0 Å². The van der Waals surface area contributed by atoms with Crippen LogP contribution >= 0.6 is 23.1 Å². The lowest BCUT2D eigenvalue weighted by Gasteiger charge is -2.33. The molecule has 0 radical (unpaired) electrons. The molecule has 0 saturated carbocycles. The van der Waals surface area contributed by atoms with E-state index in [1.54, 1.807) is 11.3 Å². The van der Waals surface area contributed by atoms with E-state index in [-0.39, 0.29) is 17.1 Å². The molecule has 0 saturated heterocycles. The first-order chi connectivity index (χ1) is 11.9. The molecule has 0 aromatic carbocycles. The van der Waals surface area contributed by atoms with Crippen molar-refractivity contribution < 1.29 is 4.79 Å². The van der Waals surface area contributed by atoms with E-state index in [1.807, 2.05) is 0 Å². The fourth-order valence-corrected chi connectivity index (χ4v) is 4.96. The van der Waals surface area contributed by atoms with Crippen molar-refractivity contribution >= 4 is 34.0 Å². The zero-order valence-corrected chi connectivity index (χ0v) is 16.2. The van der Waals surface area contributed by atoms with E-state index in [0.29, 0.717) is 21.6 Å². The van der Waals surface area contributed by atoms with Crippen LogP contribution in [-0.4, -0.2) is 26.8 Å². The largest absolute Gasteiger partial charge is 0.316 e. The van der Waals surface area contributed by atoms with Crippen LogP contribution < -0.4 is 5.32 Å². The quantitative estimate of drug-likeness (QED) is 0.796. The number of carbonyl (C=O) groups excluding carboxylic acids is 1. The average molecular weight is 376 g/mol. The highest BCUT2D eigenvalue weighted by Crippen LogP contribution is 2.44. The molecule has 1 aliphatic rings. The van der Waals surface area contributed by atoms with E-state index in [9.17, 15) is 10.1 Å². The minimum atomic E-state index is -0.135. The van der Waals surface area contributed by atoms with Gasteiger partial charge in [0, 0.05) is 4.88 Å². The van der Waals surface area contributed by atoms with Gasteiger partial charge in [0.2, 0.25) is 5.91 Å². The summed E-state index contributed by atoms with van der Waals surface area (Å²) in [7, 11) is 0. The van der Waals surface area contributed by atoms with Gasteiger partial charge in [-0.05, 0) is 36.2 Å². The van der Waals surface area contributed by atoms with Gasteiger partial charge in [-0.25, -0.2) is 4.98 Å². The Bertz CT molecular complexity index is 798. The van der Waals surface area contributed by atoms with E-state index < -0.39 is 0 Å². The molecule has 1 amide bonds. The van der Waals surface area contributed by atoms with E-state index in [2.05, 4.69) is 47.3 Å². The van der Waals surface area contributed by atoms with Crippen LogP contribution in [0.5, 0.6) is 0 Å². The number of aromatic nitrogens is 3. The topological polar surface area (TPSA) is 94.5 Å². The van der Waals surface area contributed by atoms with Crippen molar-refractivity contribution in [2.24, 2.45) is 11.3 Å². The molecule has 1 aliphatic carbocycles. The number of hydrogen-bond acceptors (Lipinski definition) is 6. The monoisotopic (exact) mass is 375 g/mol. The van der Waals surface area contributed by atoms with Gasteiger partial charge < -0.3 is 5.32 Å². The number of thiophene rings is 1. The van der Waals surface area contributed by atoms with Crippen LogP contribution in [0, 0.1) is 22.7 Å². The highest BCUT2D eigenvalue weighted by molar-refractivity contribution is 7.99. The van der Waals surface area contributed by atoms with Crippen LogP contribution in [0.2, 0.25) is 0 Å². The van der Waals surface area contributed by atoms with Crippen LogP contribution in [-0.2, 0) is 17.6 Å². The summed E-state index contributed by atoms with van der Waals surface area (Å²) in [5.41, 5.74) is 2.03. The number of fused-ring (bicyclic) bond motifs is 1. The predicted octanol–water partition coefficient (Wildman–Crippen LogP) is 3.62. The summed E-state index contributed by atoms with van der Waals surface area (Å²) >= 11 is 2.85. The SMILES string of the molecule is CC(C)(C)C1CCc2c(sc(NC(=O)CSc3ncn[nH]3)c2C#N)C1. The van der Waals surface area contributed by atoms with Crippen LogP contribution in [0.1, 0.15) is 43.2 Å². The van der Waals surface area contributed by atoms with Gasteiger partial charge in [0.1, 0.15) is 17.4 Å². The zero-order chi connectivity index (χ0) is 18.0. The lowest BCUT2D eigenvalue weighted by Crippen LogP contribution is -2.26. The molecule has 2 N–H and O–H groups in total. The molecule has 132 valence electrons. The molecule has 25 heavy (non-hydrogen) atoms. The molecule has 2 aromatic rings. The molecule has 0 aliphatic heterocycles. The number of thioether (sulfide) groups is 1. The van der Waals surface area contributed by atoms with Crippen molar-refractivity contribution in [3.63, 3.8) is 0 Å². The number of amides is 1. The van der Waals surface area contributed by atoms with Gasteiger partial charge in [0.15, 0.2) is 5.16 Å². The molecular weight excluding hydrogens is 354 g/mol. The maximum atomic E-state index is 12.2. The Labute approximate surface area is 155 Å². The number of rotatable bonds is 4. The zero-order valence-electron chi connectivity index (χ0n) is 14.5. The summed E-state index contributed by atoms with van der Waals surface area (Å²) in [5.74, 6) is 0.701. The van der Waals surface area contributed by atoms with Gasteiger partial charge >= 0.3 is 0 Å². The first kappa shape index (κ1) is 18.0. The standard InChI is InChI=1S/C17H21N5OS2/c1-17(2,3)10-4-5-11-12(7-18)15(25-13(11)6-10)21-14(23)8-24-16-19-9-20-22-16/h9-10H,4-6,8H2,1-3H3,(H,21,23)(H,19,20,22). The van der Waals surface area contributed by atoms with Crippen molar-refractivity contribution in [1.82, 2.24) is 15.2 Å². The van der Waals surface area contributed by atoms with Crippen LogP contribution in [0.4, 0.5) is 5.00 Å². The van der Waals surface area contributed by atoms with Crippen molar-refractivity contribution in [2.45, 2.75) is 45.2 Å². The van der Waals surface area contributed by atoms with Gasteiger partial charge in [0.25, 0.3) is 0 Å². The highest BCUT2D eigenvalue weighted by Gasteiger charge is 2.32. The lowest BCUT2D eigenvalue weighted by molar-refractivity contribution is -0.113. The third kappa shape index (κ3) is 4.05. The second kappa shape index (κ2) is 7.18. The highest BCUT2D eigenvalue weighted by atomic mass is 32.2. The average Bonchev–Trinajstić information content (AvgIpc) is 3.18. The summed E-state index contributed by atoms with van der Waals surface area (Å²) in [6.45, 7) is 6.81. The first-order valence-corrected chi connectivity index (χ1v) is 10.0. The summed E-state index contributed by atoms with van der Waals surface area (Å²) in [5, 5.41) is 20.2. The second-order valence-corrected chi connectivity index (χ2v) is 9.32. The summed E-state index contributed by atoms with van der Waals surface area (Å²) in [4.78, 5) is 17.4. The molecule has 0 spiro atoms. The van der Waals surface area contributed by atoms with Crippen molar-refractivity contribution in [2.75, 3.05) is 11.1 Å². The summed E-state index contributed by atoms with van der Waals surface area (Å²) < 4.78 is 0. The van der Waals surface area contributed by atoms with E-state index in [0.717, 1.165) is 24.8 Å². The number of hydrogen-bond donors (Lipinski definition) is 2. The second-order valence-electron chi connectivity index (χ2n) is 7.25. The maximum absolute atomic E-state index is 12.2. The molecule has 1 unspecified atom stereocenters. The molecule has 0 fully saturated rings. The Balaban J connectivity index is 1.71. The molecule has 3 rings (SSSR count). The van der Waals surface area contributed by atoms with Gasteiger partial charge in [-0.2, -0.15) is 10.4 Å². The number of nitrogens with one attached hydrogen (secondary N) is 2. The van der Waals surface area contributed by atoms with Gasteiger partial charge in [-0.15, -0.1) is 11.3 Å². The number of nitrogens with zero attached hydrogens (tertiary/aromatic N) is 3. The minimum absolute atomic E-state index is 0.135. The molecular formula is C17H21N5OS2.